The zero-order valence-corrected chi connectivity index (χ0v) is 16.9. The number of hydrogen-bond donors (Lipinski definition) is 0. The molecule has 0 saturated carbocycles. The van der Waals surface area contributed by atoms with Crippen LogP contribution < -0.4 is 5.56 Å². The summed E-state index contributed by atoms with van der Waals surface area (Å²) >= 11 is 1.26. The summed E-state index contributed by atoms with van der Waals surface area (Å²) in [5.74, 6) is -0.438. The fourth-order valence-electron chi connectivity index (χ4n) is 3.02. The normalized spacial score (nSPS) is 12.1. The molecule has 2 aromatic carbocycles. The number of carbonyl (C=O) groups is 1. The molecule has 0 aliphatic carbocycles. The number of halogens is 1. The van der Waals surface area contributed by atoms with E-state index < -0.39 is 5.25 Å². The molecule has 0 aliphatic rings. The van der Waals surface area contributed by atoms with Gasteiger partial charge < -0.3 is 4.90 Å². The molecule has 0 N–H and O–H groups in total. The molecule has 7 heteroatoms. The van der Waals surface area contributed by atoms with Crippen LogP contribution in [0, 0.1) is 5.82 Å². The van der Waals surface area contributed by atoms with Gasteiger partial charge in [0.1, 0.15) is 5.82 Å². The van der Waals surface area contributed by atoms with E-state index in [0.29, 0.717) is 29.1 Å². The molecule has 0 fully saturated rings. The first-order chi connectivity index (χ1) is 13.4. The van der Waals surface area contributed by atoms with Gasteiger partial charge in [0, 0.05) is 20.1 Å². The molecule has 0 unspecified atom stereocenters. The minimum absolute atomic E-state index is 0.108. The van der Waals surface area contributed by atoms with Crippen molar-refractivity contribution in [1.29, 1.82) is 0 Å². The zero-order chi connectivity index (χ0) is 20.3. The molecule has 1 heterocycles. The molecule has 0 spiro atoms. The van der Waals surface area contributed by atoms with Crippen LogP contribution in [0.1, 0.15) is 19.4 Å². The van der Waals surface area contributed by atoms with Gasteiger partial charge in [0.25, 0.3) is 5.56 Å². The predicted molar refractivity (Wildman–Crippen MR) is 110 cm³/mol. The van der Waals surface area contributed by atoms with Crippen molar-refractivity contribution in [2.75, 3.05) is 7.05 Å². The van der Waals surface area contributed by atoms with Crippen molar-refractivity contribution in [3.05, 3.63) is 70.3 Å². The molecule has 1 atom stereocenters. The number of hydrogen-bond acceptors (Lipinski definition) is 4. The molecular weight excluding hydrogens is 377 g/mol. The summed E-state index contributed by atoms with van der Waals surface area (Å²) in [6.07, 6.45) is 0. The summed E-state index contributed by atoms with van der Waals surface area (Å²) < 4.78 is 15.0. The van der Waals surface area contributed by atoms with Crippen LogP contribution in [0.25, 0.3) is 10.9 Å². The maximum atomic E-state index is 13.4. The summed E-state index contributed by atoms with van der Waals surface area (Å²) in [5, 5.41) is 0.645. The largest absolute Gasteiger partial charge is 0.340 e. The van der Waals surface area contributed by atoms with Crippen LogP contribution in [-0.2, 0) is 17.9 Å². The molecule has 28 heavy (non-hydrogen) atoms. The highest BCUT2D eigenvalue weighted by molar-refractivity contribution is 8.00. The first-order valence-electron chi connectivity index (χ1n) is 9.06. The number of nitrogens with zero attached hydrogens (tertiary/aromatic N) is 3. The van der Waals surface area contributed by atoms with Crippen LogP contribution in [0.15, 0.2) is 58.5 Å². The standard InChI is InChI=1S/C21H22FN3O2S/c1-4-25-20(27)17-10-5-6-11-18(17)23-21(25)28-14(2)19(26)24(3)13-15-8-7-9-16(22)12-15/h5-12,14H,4,13H2,1-3H3/t14-/m1/s1. The molecule has 146 valence electrons. The Kier molecular flexibility index (Phi) is 6.14. The molecule has 0 saturated heterocycles. The number of benzene rings is 2. The quantitative estimate of drug-likeness (QED) is 0.469. The van der Waals surface area contributed by atoms with E-state index in [4.69, 9.17) is 0 Å². The Hall–Kier alpha value is -2.67. The predicted octanol–water partition coefficient (Wildman–Crippen LogP) is 3.69. The molecule has 1 amide bonds. The van der Waals surface area contributed by atoms with Gasteiger partial charge in [-0.05, 0) is 43.7 Å². The summed E-state index contributed by atoms with van der Waals surface area (Å²) in [7, 11) is 1.69. The molecule has 3 rings (SSSR count). The monoisotopic (exact) mass is 399 g/mol. The molecule has 1 aromatic heterocycles. The fourth-order valence-corrected chi connectivity index (χ4v) is 4.11. The number of rotatable bonds is 6. The maximum absolute atomic E-state index is 13.4. The van der Waals surface area contributed by atoms with E-state index in [2.05, 4.69) is 4.98 Å². The Labute approximate surface area is 167 Å². The third-order valence-electron chi connectivity index (χ3n) is 4.46. The maximum Gasteiger partial charge on any atom is 0.262 e. The van der Waals surface area contributed by atoms with Gasteiger partial charge in [-0.25, -0.2) is 9.37 Å². The summed E-state index contributed by atoms with van der Waals surface area (Å²) in [4.78, 5) is 31.6. The SMILES string of the molecule is CCn1c(S[C@H](C)C(=O)N(C)Cc2cccc(F)c2)nc2ccccc2c1=O. The minimum atomic E-state index is -0.440. The van der Waals surface area contributed by atoms with Crippen LogP contribution in [0.5, 0.6) is 0 Å². The van der Waals surface area contributed by atoms with Crippen molar-refractivity contribution in [3.8, 4) is 0 Å². The first-order valence-corrected chi connectivity index (χ1v) is 9.94. The van der Waals surface area contributed by atoms with Crippen LogP contribution in [-0.4, -0.2) is 32.7 Å². The second-order valence-electron chi connectivity index (χ2n) is 6.55. The molecule has 0 bridgehead atoms. The van der Waals surface area contributed by atoms with Crippen molar-refractivity contribution >= 4 is 28.6 Å². The number of fused-ring (bicyclic) bond motifs is 1. The molecule has 3 aromatic rings. The fraction of sp³-hybridized carbons (Fsp3) is 0.286. The number of carbonyl (C=O) groups excluding carboxylic acids is 1. The Bertz CT molecular complexity index is 1070. The number of thioether (sulfide) groups is 1. The average Bonchev–Trinajstić information content (AvgIpc) is 2.67. The third kappa shape index (κ3) is 4.25. The lowest BCUT2D eigenvalue weighted by atomic mass is 10.2. The number of aromatic nitrogens is 2. The van der Waals surface area contributed by atoms with Crippen molar-refractivity contribution in [2.45, 2.75) is 37.3 Å². The van der Waals surface area contributed by atoms with Crippen LogP contribution in [0.4, 0.5) is 4.39 Å². The van der Waals surface area contributed by atoms with Crippen LogP contribution in [0.3, 0.4) is 0 Å². The van der Waals surface area contributed by atoms with Crippen molar-refractivity contribution in [2.24, 2.45) is 0 Å². The topological polar surface area (TPSA) is 55.2 Å². The van der Waals surface area contributed by atoms with Gasteiger partial charge in [0.15, 0.2) is 5.16 Å². The van der Waals surface area contributed by atoms with Crippen LogP contribution in [0.2, 0.25) is 0 Å². The number of amides is 1. The highest BCUT2D eigenvalue weighted by Crippen LogP contribution is 2.24. The van der Waals surface area contributed by atoms with E-state index in [0.717, 1.165) is 5.56 Å². The third-order valence-corrected chi connectivity index (χ3v) is 5.54. The lowest BCUT2D eigenvalue weighted by Crippen LogP contribution is -2.33. The summed E-state index contributed by atoms with van der Waals surface area (Å²) in [6, 6.07) is 13.4. The van der Waals surface area contributed by atoms with Gasteiger partial charge in [0.2, 0.25) is 5.91 Å². The molecule has 5 nitrogen and oxygen atoms in total. The Balaban J connectivity index is 1.81. The lowest BCUT2D eigenvalue weighted by Gasteiger charge is -2.22. The van der Waals surface area contributed by atoms with Gasteiger partial charge >= 0.3 is 0 Å². The van der Waals surface area contributed by atoms with E-state index in [-0.39, 0.29) is 17.3 Å². The van der Waals surface area contributed by atoms with E-state index in [1.807, 2.05) is 19.1 Å². The van der Waals surface area contributed by atoms with Gasteiger partial charge in [-0.2, -0.15) is 0 Å². The van der Waals surface area contributed by atoms with Gasteiger partial charge in [0.05, 0.1) is 16.2 Å². The van der Waals surface area contributed by atoms with Gasteiger partial charge in [-0.3, -0.25) is 14.2 Å². The van der Waals surface area contributed by atoms with E-state index in [1.54, 1.807) is 47.7 Å². The van der Waals surface area contributed by atoms with Crippen molar-refractivity contribution in [3.63, 3.8) is 0 Å². The van der Waals surface area contributed by atoms with Gasteiger partial charge in [-0.15, -0.1) is 0 Å². The Morgan fingerprint density at radius 1 is 1.25 bits per heavy atom. The number of para-hydroxylation sites is 1. The second-order valence-corrected chi connectivity index (χ2v) is 7.85. The molecule has 0 radical (unpaired) electrons. The summed E-state index contributed by atoms with van der Waals surface area (Å²) in [5.41, 5.74) is 1.23. The second kappa shape index (κ2) is 8.56. The van der Waals surface area contributed by atoms with E-state index in [1.165, 1.54) is 23.9 Å². The van der Waals surface area contributed by atoms with Crippen molar-refractivity contribution < 1.29 is 9.18 Å². The molecular formula is C21H22FN3O2S. The van der Waals surface area contributed by atoms with E-state index in [9.17, 15) is 14.0 Å². The molecule has 0 aliphatic heterocycles. The highest BCUT2D eigenvalue weighted by atomic mass is 32.2. The van der Waals surface area contributed by atoms with Gasteiger partial charge in [-0.1, -0.05) is 36.0 Å². The van der Waals surface area contributed by atoms with E-state index >= 15 is 0 Å². The Morgan fingerprint density at radius 2 is 2.00 bits per heavy atom. The highest BCUT2D eigenvalue weighted by Gasteiger charge is 2.22. The smallest absolute Gasteiger partial charge is 0.262 e. The van der Waals surface area contributed by atoms with Crippen LogP contribution >= 0.6 is 11.8 Å². The average molecular weight is 399 g/mol. The summed E-state index contributed by atoms with van der Waals surface area (Å²) in [6.45, 7) is 4.45. The minimum Gasteiger partial charge on any atom is -0.340 e. The first kappa shape index (κ1) is 20.1. The zero-order valence-electron chi connectivity index (χ0n) is 16.1. The Morgan fingerprint density at radius 3 is 2.71 bits per heavy atom. The van der Waals surface area contributed by atoms with Crippen molar-refractivity contribution in [1.82, 2.24) is 14.5 Å². The lowest BCUT2D eigenvalue weighted by molar-refractivity contribution is -0.129.